The van der Waals surface area contributed by atoms with E-state index < -0.39 is 0 Å². The highest BCUT2D eigenvalue weighted by Gasteiger charge is 2.25. The molecule has 7 nitrogen and oxygen atoms in total. The van der Waals surface area contributed by atoms with Crippen molar-refractivity contribution in [2.45, 2.75) is 20.4 Å². The lowest BCUT2D eigenvalue weighted by Gasteiger charge is -2.34. The molecule has 1 aliphatic heterocycles. The van der Waals surface area contributed by atoms with Crippen LogP contribution in [0.15, 0.2) is 59.1 Å². The van der Waals surface area contributed by atoms with E-state index in [0.717, 1.165) is 35.2 Å². The van der Waals surface area contributed by atoms with Gasteiger partial charge in [-0.3, -0.25) is 14.7 Å². The highest BCUT2D eigenvalue weighted by Crippen LogP contribution is 2.20. The number of fused-ring (bicyclic) bond motifs is 1. The minimum atomic E-state index is 0.0415. The molecule has 7 heteroatoms. The summed E-state index contributed by atoms with van der Waals surface area (Å²) in [6.07, 6.45) is 0. The molecule has 0 atom stereocenters. The molecule has 1 fully saturated rings. The highest BCUT2D eigenvalue weighted by atomic mass is 16.5. The number of amides is 1. The summed E-state index contributed by atoms with van der Waals surface area (Å²) in [6, 6.07) is 17.9. The van der Waals surface area contributed by atoms with Crippen LogP contribution in [-0.4, -0.2) is 57.0 Å². The third kappa shape index (κ3) is 4.11. The van der Waals surface area contributed by atoms with Gasteiger partial charge in [0.15, 0.2) is 0 Å². The highest BCUT2D eigenvalue weighted by molar-refractivity contribution is 5.98. The number of aryl methyl sites for hydroxylation is 2. The molecule has 3 heterocycles. The fraction of sp³-hybridized carbons (Fsp3) is 0.280. The Bertz CT molecular complexity index is 1260. The molecule has 1 aliphatic rings. The topological polar surface area (TPSA) is 75.4 Å². The van der Waals surface area contributed by atoms with E-state index in [4.69, 9.17) is 4.52 Å². The van der Waals surface area contributed by atoms with Crippen LogP contribution in [0.1, 0.15) is 27.5 Å². The van der Waals surface area contributed by atoms with Crippen molar-refractivity contribution < 1.29 is 9.32 Å². The molecule has 0 N–H and O–H groups in total. The first kappa shape index (κ1) is 20.3. The average molecular weight is 428 g/mol. The van der Waals surface area contributed by atoms with Crippen LogP contribution >= 0.6 is 0 Å². The number of pyridine rings is 1. The van der Waals surface area contributed by atoms with Crippen LogP contribution in [0.2, 0.25) is 0 Å². The molecule has 0 aliphatic carbocycles. The van der Waals surface area contributed by atoms with E-state index in [1.54, 1.807) is 0 Å². The SMILES string of the molecule is Cc1ccc(-c2noc(CN3CCN(C(=O)c4cc5ccccc5nc4C)CC3)n2)cc1. The van der Waals surface area contributed by atoms with E-state index in [2.05, 4.69) is 20.0 Å². The van der Waals surface area contributed by atoms with Crippen molar-refractivity contribution in [2.24, 2.45) is 0 Å². The van der Waals surface area contributed by atoms with Crippen LogP contribution in [0, 0.1) is 13.8 Å². The van der Waals surface area contributed by atoms with Crippen molar-refractivity contribution in [1.82, 2.24) is 24.9 Å². The van der Waals surface area contributed by atoms with Crippen LogP contribution < -0.4 is 0 Å². The summed E-state index contributed by atoms with van der Waals surface area (Å²) < 4.78 is 5.46. The van der Waals surface area contributed by atoms with E-state index in [1.807, 2.05) is 73.3 Å². The number of piperazine rings is 1. The van der Waals surface area contributed by atoms with Crippen molar-refractivity contribution in [1.29, 1.82) is 0 Å². The third-order valence-corrected chi connectivity index (χ3v) is 5.94. The van der Waals surface area contributed by atoms with Gasteiger partial charge in [0.05, 0.1) is 23.3 Å². The second kappa shape index (κ2) is 8.51. The molecule has 0 radical (unpaired) electrons. The van der Waals surface area contributed by atoms with Crippen LogP contribution in [0.5, 0.6) is 0 Å². The fourth-order valence-corrected chi connectivity index (χ4v) is 4.04. The number of rotatable bonds is 4. The maximum absolute atomic E-state index is 13.1. The molecule has 0 spiro atoms. The minimum Gasteiger partial charge on any atom is -0.338 e. The molecular weight excluding hydrogens is 402 g/mol. The van der Waals surface area contributed by atoms with Crippen molar-refractivity contribution >= 4 is 16.8 Å². The molecule has 5 rings (SSSR count). The molecule has 2 aromatic heterocycles. The molecule has 0 saturated carbocycles. The monoisotopic (exact) mass is 427 g/mol. The first-order valence-electron chi connectivity index (χ1n) is 10.8. The average Bonchev–Trinajstić information content (AvgIpc) is 3.27. The van der Waals surface area contributed by atoms with Gasteiger partial charge in [0.25, 0.3) is 5.91 Å². The Morgan fingerprint density at radius 1 is 0.969 bits per heavy atom. The van der Waals surface area contributed by atoms with Gasteiger partial charge in [-0.15, -0.1) is 0 Å². The number of nitrogens with zero attached hydrogens (tertiary/aromatic N) is 5. The maximum atomic E-state index is 13.1. The number of carbonyl (C=O) groups is 1. The van der Waals surface area contributed by atoms with Gasteiger partial charge in [-0.25, -0.2) is 0 Å². The lowest BCUT2D eigenvalue weighted by atomic mass is 10.1. The Balaban J connectivity index is 1.21. The predicted octanol–water partition coefficient (Wildman–Crippen LogP) is 3.86. The quantitative estimate of drug-likeness (QED) is 0.492. The number of carbonyl (C=O) groups excluding carboxylic acids is 1. The summed E-state index contributed by atoms with van der Waals surface area (Å²) in [6.45, 7) is 7.36. The van der Waals surface area contributed by atoms with Gasteiger partial charge in [0, 0.05) is 37.1 Å². The Hall–Kier alpha value is -3.58. The summed E-state index contributed by atoms with van der Waals surface area (Å²) in [5, 5.41) is 5.10. The Morgan fingerprint density at radius 2 is 1.72 bits per heavy atom. The Morgan fingerprint density at radius 3 is 2.50 bits per heavy atom. The molecule has 2 aromatic carbocycles. The van der Waals surface area contributed by atoms with E-state index in [-0.39, 0.29) is 5.91 Å². The van der Waals surface area contributed by atoms with Gasteiger partial charge in [0.2, 0.25) is 11.7 Å². The number of benzene rings is 2. The number of hydrogen-bond acceptors (Lipinski definition) is 6. The summed E-state index contributed by atoms with van der Waals surface area (Å²) >= 11 is 0. The van der Waals surface area contributed by atoms with Crippen molar-refractivity contribution in [3.8, 4) is 11.4 Å². The van der Waals surface area contributed by atoms with Gasteiger partial charge in [0.1, 0.15) is 0 Å². The van der Waals surface area contributed by atoms with Gasteiger partial charge in [-0.1, -0.05) is 53.2 Å². The van der Waals surface area contributed by atoms with Crippen LogP contribution in [0.3, 0.4) is 0 Å². The second-order valence-electron chi connectivity index (χ2n) is 8.26. The third-order valence-electron chi connectivity index (χ3n) is 5.94. The minimum absolute atomic E-state index is 0.0415. The zero-order chi connectivity index (χ0) is 22.1. The largest absolute Gasteiger partial charge is 0.338 e. The zero-order valence-electron chi connectivity index (χ0n) is 18.3. The van der Waals surface area contributed by atoms with Crippen LogP contribution in [-0.2, 0) is 6.54 Å². The maximum Gasteiger partial charge on any atom is 0.255 e. The summed E-state index contributed by atoms with van der Waals surface area (Å²) in [7, 11) is 0. The lowest BCUT2D eigenvalue weighted by Crippen LogP contribution is -2.48. The smallest absolute Gasteiger partial charge is 0.255 e. The van der Waals surface area contributed by atoms with E-state index in [1.165, 1.54) is 5.56 Å². The van der Waals surface area contributed by atoms with Gasteiger partial charge < -0.3 is 9.42 Å². The molecule has 4 aromatic rings. The van der Waals surface area contributed by atoms with Crippen LogP contribution in [0.25, 0.3) is 22.3 Å². The van der Waals surface area contributed by atoms with Crippen LogP contribution in [0.4, 0.5) is 0 Å². The van der Waals surface area contributed by atoms with E-state index in [0.29, 0.717) is 36.9 Å². The number of para-hydroxylation sites is 1. The summed E-state index contributed by atoms with van der Waals surface area (Å²) in [4.78, 5) is 26.4. The molecule has 1 amide bonds. The van der Waals surface area contributed by atoms with E-state index >= 15 is 0 Å². The van der Waals surface area contributed by atoms with E-state index in [9.17, 15) is 4.79 Å². The molecule has 0 unspecified atom stereocenters. The zero-order valence-corrected chi connectivity index (χ0v) is 18.3. The second-order valence-corrected chi connectivity index (χ2v) is 8.26. The van der Waals surface area contributed by atoms with Gasteiger partial charge in [-0.05, 0) is 26.0 Å². The first-order chi connectivity index (χ1) is 15.6. The molecule has 32 heavy (non-hydrogen) atoms. The molecule has 0 bridgehead atoms. The number of hydrogen-bond donors (Lipinski definition) is 0. The van der Waals surface area contributed by atoms with Crippen molar-refractivity contribution in [3.05, 3.63) is 77.3 Å². The van der Waals surface area contributed by atoms with Gasteiger partial charge >= 0.3 is 0 Å². The fourth-order valence-electron chi connectivity index (χ4n) is 4.04. The molecule has 162 valence electrons. The summed E-state index contributed by atoms with van der Waals surface area (Å²) in [5.74, 6) is 1.24. The van der Waals surface area contributed by atoms with Crippen molar-refractivity contribution in [3.63, 3.8) is 0 Å². The van der Waals surface area contributed by atoms with Gasteiger partial charge in [-0.2, -0.15) is 4.98 Å². The molecule has 1 saturated heterocycles. The normalized spacial score (nSPS) is 14.8. The lowest BCUT2D eigenvalue weighted by molar-refractivity contribution is 0.0614. The molecular formula is C25H25N5O2. The summed E-state index contributed by atoms with van der Waals surface area (Å²) in [5.41, 5.74) is 4.50. The first-order valence-corrected chi connectivity index (χ1v) is 10.8. The Labute approximate surface area is 186 Å². The van der Waals surface area contributed by atoms with Crippen molar-refractivity contribution in [2.75, 3.05) is 26.2 Å². The predicted molar refractivity (Wildman–Crippen MR) is 122 cm³/mol. The standard InChI is InChI=1S/C25H25N5O2/c1-17-7-9-19(10-8-17)24-27-23(32-28-24)16-29-11-13-30(14-12-29)25(31)21-15-20-5-3-4-6-22(20)26-18(21)2/h3-10,15H,11-14,16H2,1-2H3. The number of aromatic nitrogens is 3. The Kier molecular flexibility index (Phi) is 5.41.